The van der Waals surface area contributed by atoms with Crippen LogP contribution < -0.4 is 0 Å². The molecule has 0 saturated heterocycles. The number of ether oxygens (including phenoxy) is 3. The third-order valence-electron chi connectivity index (χ3n) is 1.29. The Bertz CT molecular complexity index is 90.6. The Morgan fingerprint density at radius 1 is 0.867 bits per heavy atom. The van der Waals surface area contributed by atoms with Crippen molar-refractivity contribution in [2.75, 3.05) is 53.9 Å². The summed E-state index contributed by atoms with van der Waals surface area (Å²) in [6, 6.07) is 0. The highest BCUT2D eigenvalue weighted by atomic mass is 16.5. The first-order chi connectivity index (χ1) is 7.22. The first-order valence-corrected chi connectivity index (χ1v) is 4.68. The van der Waals surface area contributed by atoms with E-state index in [9.17, 15) is 0 Å². The highest BCUT2D eigenvalue weighted by molar-refractivity contribution is 4.44. The summed E-state index contributed by atoms with van der Waals surface area (Å²) >= 11 is 0. The maximum absolute atomic E-state index is 8.17. The van der Waals surface area contributed by atoms with Gasteiger partial charge in [0, 0.05) is 14.2 Å². The van der Waals surface area contributed by atoms with Gasteiger partial charge in [-0.15, -0.1) is 0 Å². The summed E-state index contributed by atoms with van der Waals surface area (Å²) in [6.45, 7) is 1.89. The summed E-state index contributed by atoms with van der Waals surface area (Å²) in [5, 5.41) is 24.0. The molecule has 0 aromatic heterocycles. The van der Waals surface area contributed by atoms with Crippen molar-refractivity contribution in [1.29, 1.82) is 0 Å². The molecule has 6 heteroatoms. The van der Waals surface area contributed by atoms with E-state index < -0.39 is 6.10 Å². The van der Waals surface area contributed by atoms with E-state index in [4.69, 9.17) is 29.5 Å². The van der Waals surface area contributed by atoms with Crippen LogP contribution in [0.5, 0.6) is 0 Å². The average molecular weight is 226 g/mol. The molecule has 0 unspecified atom stereocenters. The third-order valence-corrected chi connectivity index (χ3v) is 1.29. The van der Waals surface area contributed by atoms with Crippen LogP contribution in [0.15, 0.2) is 0 Å². The summed E-state index contributed by atoms with van der Waals surface area (Å²) in [5.41, 5.74) is 0. The fourth-order valence-electron chi connectivity index (χ4n) is 0.444. The first-order valence-electron chi connectivity index (χ1n) is 4.68. The highest BCUT2D eigenvalue weighted by Crippen LogP contribution is 1.75. The molecule has 0 bridgehead atoms. The van der Waals surface area contributed by atoms with E-state index in [2.05, 4.69) is 0 Å². The van der Waals surface area contributed by atoms with Crippen molar-refractivity contribution in [1.82, 2.24) is 0 Å². The molecule has 0 aliphatic carbocycles. The molecule has 0 atom stereocenters. The van der Waals surface area contributed by atoms with Crippen LogP contribution in [0.3, 0.4) is 0 Å². The fraction of sp³-hybridized carbons (Fsp3) is 1.00. The van der Waals surface area contributed by atoms with E-state index in [0.29, 0.717) is 26.4 Å². The van der Waals surface area contributed by atoms with Gasteiger partial charge in [-0.05, 0) is 0 Å². The Morgan fingerprint density at radius 2 is 1.27 bits per heavy atom. The lowest BCUT2D eigenvalue weighted by atomic mass is 10.4. The maximum Gasteiger partial charge on any atom is 0.100 e. The average Bonchev–Trinajstić information content (AvgIpc) is 2.29. The molecule has 0 rings (SSSR count). The van der Waals surface area contributed by atoms with Gasteiger partial charge in [-0.3, -0.25) is 0 Å². The number of hydrogen-bond acceptors (Lipinski definition) is 6. The van der Waals surface area contributed by atoms with Gasteiger partial charge in [-0.1, -0.05) is 0 Å². The molecule has 0 heterocycles. The molecule has 0 amide bonds. The van der Waals surface area contributed by atoms with Crippen molar-refractivity contribution in [3.63, 3.8) is 0 Å². The minimum atomic E-state index is -0.954. The molecule has 0 aromatic carbocycles. The van der Waals surface area contributed by atoms with Gasteiger partial charge in [0.2, 0.25) is 0 Å². The molecule has 6 nitrogen and oxygen atoms in total. The minimum absolute atomic E-state index is 0.365. The summed E-state index contributed by atoms with van der Waals surface area (Å²) in [6.07, 6.45) is -0.954. The van der Waals surface area contributed by atoms with Gasteiger partial charge < -0.3 is 29.5 Å². The normalized spacial score (nSPS) is 10.0. The maximum atomic E-state index is 8.17. The van der Waals surface area contributed by atoms with Gasteiger partial charge in [-0.25, -0.2) is 0 Å². The quantitative estimate of drug-likeness (QED) is 0.442. The van der Waals surface area contributed by atoms with Crippen LogP contribution in [0.1, 0.15) is 0 Å². The zero-order chi connectivity index (χ0) is 11.9. The molecule has 15 heavy (non-hydrogen) atoms. The lowest BCUT2D eigenvalue weighted by molar-refractivity contribution is 0.0385. The van der Waals surface area contributed by atoms with E-state index in [1.54, 1.807) is 14.2 Å². The Hall–Kier alpha value is -0.240. The molecule has 0 aromatic rings. The Labute approximate surface area is 90.4 Å². The molecule has 3 N–H and O–H groups in total. The fourth-order valence-corrected chi connectivity index (χ4v) is 0.444. The number of hydrogen-bond donors (Lipinski definition) is 3. The summed E-state index contributed by atoms with van der Waals surface area (Å²) in [7, 11) is 3.30. The largest absolute Gasteiger partial charge is 0.394 e. The van der Waals surface area contributed by atoms with Gasteiger partial charge in [-0.2, -0.15) is 0 Å². The smallest absolute Gasteiger partial charge is 0.100 e. The van der Waals surface area contributed by atoms with Crippen LogP contribution in [0.25, 0.3) is 0 Å². The summed E-state index contributed by atoms with van der Waals surface area (Å²) in [4.78, 5) is 0. The number of rotatable bonds is 8. The molecular formula is C9H22O6. The summed E-state index contributed by atoms with van der Waals surface area (Å²) in [5.74, 6) is 0. The van der Waals surface area contributed by atoms with Gasteiger partial charge in [0.15, 0.2) is 0 Å². The van der Waals surface area contributed by atoms with Gasteiger partial charge in [0.25, 0.3) is 0 Å². The Balaban J connectivity index is 0. The molecule has 0 radical (unpaired) electrons. The minimum Gasteiger partial charge on any atom is -0.394 e. The molecular weight excluding hydrogens is 204 g/mol. The van der Waals surface area contributed by atoms with Crippen LogP contribution >= 0.6 is 0 Å². The second-order valence-electron chi connectivity index (χ2n) is 2.62. The molecule has 0 saturated carbocycles. The van der Waals surface area contributed by atoms with Crippen molar-refractivity contribution in [2.24, 2.45) is 0 Å². The molecule has 94 valence electrons. The van der Waals surface area contributed by atoms with Crippen molar-refractivity contribution in [3.05, 3.63) is 0 Å². The van der Waals surface area contributed by atoms with E-state index in [1.165, 1.54) is 0 Å². The van der Waals surface area contributed by atoms with Crippen molar-refractivity contribution < 1.29 is 29.5 Å². The van der Waals surface area contributed by atoms with Crippen LogP contribution in [-0.2, 0) is 14.2 Å². The van der Waals surface area contributed by atoms with Gasteiger partial charge in [0.1, 0.15) is 6.10 Å². The van der Waals surface area contributed by atoms with E-state index >= 15 is 0 Å². The number of methoxy groups -OCH3 is 2. The zero-order valence-corrected chi connectivity index (χ0v) is 9.39. The van der Waals surface area contributed by atoms with Crippen molar-refractivity contribution >= 4 is 0 Å². The van der Waals surface area contributed by atoms with Crippen LogP contribution in [0, 0.1) is 0 Å². The third kappa shape index (κ3) is 20.0. The molecule has 0 aliphatic heterocycles. The summed E-state index contributed by atoms with van der Waals surface area (Å²) < 4.78 is 14.6. The second-order valence-corrected chi connectivity index (χ2v) is 2.62. The SMILES string of the molecule is COCCOCCOC.OCC(O)CO. The number of aliphatic hydroxyl groups excluding tert-OH is 3. The van der Waals surface area contributed by atoms with Gasteiger partial charge in [0.05, 0.1) is 39.6 Å². The molecule has 0 spiro atoms. The van der Waals surface area contributed by atoms with E-state index in [1.807, 2.05) is 0 Å². The standard InChI is InChI=1S/C6H14O3.C3H8O3/c1-7-3-5-9-6-4-8-2;4-1-3(6)2-5/h3-6H2,1-2H3;3-6H,1-2H2. The number of aliphatic hydroxyl groups is 3. The van der Waals surface area contributed by atoms with Crippen molar-refractivity contribution in [2.45, 2.75) is 6.10 Å². The van der Waals surface area contributed by atoms with E-state index in [0.717, 1.165) is 0 Å². The lowest BCUT2D eigenvalue weighted by Crippen LogP contribution is -2.15. The van der Waals surface area contributed by atoms with E-state index in [-0.39, 0.29) is 13.2 Å². The first kappa shape index (κ1) is 17.2. The predicted octanol–water partition coefficient (Wildman–Crippen LogP) is -1.37. The predicted molar refractivity (Wildman–Crippen MR) is 54.7 cm³/mol. The topological polar surface area (TPSA) is 88.4 Å². The second kappa shape index (κ2) is 16.2. The Kier molecular flexibility index (Phi) is 18.5. The Morgan fingerprint density at radius 3 is 1.47 bits per heavy atom. The van der Waals surface area contributed by atoms with Gasteiger partial charge >= 0.3 is 0 Å². The van der Waals surface area contributed by atoms with Crippen LogP contribution in [0.4, 0.5) is 0 Å². The zero-order valence-electron chi connectivity index (χ0n) is 9.39. The van der Waals surface area contributed by atoms with Crippen LogP contribution in [0.2, 0.25) is 0 Å². The van der Waals surface area contributed by atoms with Crippen LogP contribution in [-0.4, -0.2) is 75.3 Å². The molecule has 0 fully saturated rings. The highest BCUT2D eigenvalue weighted by Gasteiger charge is 1.93. The lowest BCUT2D eigenvalue weighted by Gasteiger charge is -2.00. The van der Waals surface area contributed by atoms with Crippen molar-refractivity contribution in [3.8, 4) is 0 Å². The monoisotopic (exact) mass is 226 g/mol. The molecule has 0 aliphatic rings.